The van der Waals surface area contributed by atoms with E-state index < -0.39 is 0 Å². The molecule has 0 atom stereocenters. The Morgan fingerprint density at radius 2 is 0.352 bits per heavy atom. The van der Waals surface area contributed by atoms with Crippen LogP contribution in [0.5, 0.6) is 0 Å². The zero-order valence-corrected chi connectivity index (χ0v) is 39.7. The van der Waals surface area contributed by atoms with Crippen LogP contribution in [0, 0.1) is 0 Å². The van der Waals surface area contributed by atoms with Crippen LogP contribution in [0.15, 0.2) is 0 Å². The van der Waals surface area contributed by atoms with E-state index in [2.05, 4.69) is 39.8 Å². The minimum atomic E-state index is 0. The molecule has 0 spiro atoms. The van der Waals surface area contributed by atoms with Gasteiger partial charge in [0.1, 0.15) is 0 Å². The summed E-state index contributed by atoms with van der Waals surface area (Å²) in [6, 6.07) is 0. The maximum absolute atomic E-state index is 2.70. The van der Waals surface area contributed by atoms with E-state index in [1.54, 1.807) is 0 Å². The van der Waals surface area contributed by atoms with Crippen molar-refractivity contribution in [2.75, 3.05) is 14.1 Å². The Labute approximate surface area is 351 Å². The molecule has 2 heteroatoms. The Balaban J connectivity index is 0. The van der Waals surface area contributed by atoms with Crippen LogP contribution in [0.2, 0.25) is 0 Å². The predicted molar refractivity (Wildman–Crippen MR) is 253 cm³/mol. The molecule has 0 radical (unpaired) electrons. The molecular formula is C52H108ClN. The molecule has 1 nitrogen and oxygen atoms in total. The third-order valence-electron chi connectivity index (χ3n) is 13.2. The molecule has 0 N–H and O–H groups in total. The van der Waals surface area contributed by atoms with Crippen molar-refractivity contribution in [2.24, 2.45) is 0 Å². The number of halogens is 1. The molecule has 0 fully saturated rings. The summed E-state index contributed by atoms with van der Waals surface area (Å²) in [7, 11) is 4.86. The average Bonchev–Trinajstić information content (AvgIpc) is 3.16. The molecule has 328 valence electrons. The van der Waals surface area contributed by atoms with Gasteiger partial charge >= 0.3 is 0 Å². The van der Waals surface area contributed by atoms with Crippen LogP contribution in [0.3, 0.4) is 0 Å². The van der Waals surface area contributed by atoms with Crippen molar-refractivity contribution in [2.45, 2.75) is 322 Å². The third kappa shape index (κ3) is 40.4. The molecule has 0 amide bonds. The minimum absolute atomic E-state index is 0. The van der Waals surface area contributed by atoms with Gasteiger partial charge in [-0.05, 0) is 33.4 Å². The summed E-state index contributed by atoms with van der Waals surface area (Å²) >= 11 is 0. The van der Waals surface area contributed by atoms with Gasteiger partial charge in [-0.3, -0.25) is 0 Å². The van der Waals surface area contributed by atoms with E-state index in [1.165, 1.54) is 295 Å². The lowest BCUT2D eigenvalue weighted by Gasteiger charge is -2.41. The van der Waals surface area contributed by atoms with E-state index in [0.29, 0.717) is 5.54 Å². The fraction of sp³-hybridized carbons (Fsp3) is 1.00. The first kappa shape index (κ1) is 56.3. The quantitative estimate of drug-likeness (QED) is 0.0556. The highest BCUT2D eigenvalue weighted by molar-refractivity contribution is 5.85. The van der Waals surface area contributed by atoms with Crippen molar-refractivity contribution in [1.82, 2.24) is 4.90 Å². The molecule has 0 saturated carbocycles. The van der Waals surface area contributed by atoms with Crippen molar-refractivity contribution in [3.05, 3.63) is 0 Å². The predicted octanol–water partition coefficient (Wildman–Crippen LogP) is 19.7. The summed E-state index contributed by atoms with van der Waals surface area (Å²) in [6.07, 6.45) is 67.3. The molecule has 54 heavy (non-hydrogen) atoms. The van der Waals surface area contributed by atoms with Crippen molar-refractivity contribution < 1.29 is 0 Å². The number of hydrogen-bond donors (Lipinski definition) is 0. The molecule has 0 aliphatic heterocycles. The molecule has 0 aliphatic carbocycles. The highest BCUT2D eigenvalue weighted by Gasteiger charge is 2.30. The first-order chi connectivity index (χ1) is 26.1. The van der Waals surface area contributed by atoms with Crippen LogP contribution >= 0.6 is 12.4 Å². The zero-order valence-electron chi connectivity index (χ0n) is 38.9. The Morgan fingerprint density at radius 3 is 0.481 bits per heavy atom. The molecule has 0 aromatic rings. The lowest BCUT2D eigenvalue weighted by Crippen LogP contribution is -2.44. The highest BCUT2D eigenvalue weighted by atomic mass is 35.5. The van der Waals surface area contributed by atoms with Crippen LogP contribution in [-0.4, -0.2) is 24.5 Å². The number of hydrogen-bond acceptors (Lipinski definition) is 1. The van der Waals surface area contributed by atoms with Crippen LogP contribution in [0.4, 0.5) is 0 Å². The molecule has 0 aliphatic rings. The Hall–Kier alpha value is 0.250. The molecular weight excluding hydrogens is 674 g/mol. The van der Waals surface area contributed by atoms with E-state index in [-0.39, 0.29) is 12.4 Å². The van der Waals surface area contributed by atoms with Gasteiger partial charge < -0.3 is 4.90 Å². The van der Waals surface area contributed by atoms with Crippen LogP contribution in [0.25, 0.3) is 0 Å². The summed E-state index contributed by atoms with van der Waals surface area (Å²) in [5, 5.41) is 0. The van der Waals surface area contributed by atoms with Crippen molar-refractivity contribution in [3.8, 4) is 0 Å². The molecule has 0 saturated heterocycles. The molecule has 0 bridgehead atoms. The standard InChI is InChI=1S/C52H107N.ClH/c1-6-9-12-15-18-21-24-27-30-33-36-39-42-45-48-51-52(53(4)5,49-46-43-40-37-34-31-28-25-22-19-16-13-10-7-2)50-47-44-41-38-35-32-29-26-23-20-17-14-11-8-3;/h6-51H2,1-5H3;1H. The van der Waals surface area contributed by atoms with E-state index in [9.17, 15) is 0 Å². The second-order valence-electron chi connectivity index (χ2n) is 18.5. The monoisotopic (exact) mass is 782 g/mol. The average molecular weight is 783 g/mol. The molecule has 0 heterocycles. The summed E-state index contributed by atoms with van der Waals surface area (Å²) in [5.41, 5.74) is 0.449. The first-order valence-electron chi connectivity index (χ1n) is 25.8. The van der Waals surface area contributed by atoms with Crippen molar-refractivity contribution >= 4 is 12.4 Å². The van der Waals surface area contributed by atoms with E-state index >= 15 is 0 Å². The Morgan fingerprint density at radius 1 is 0.222 bits per heavy atom. The van der Waals surface area contributed by atoms with Gasteiger partial charge in [0, 0.05) is 5.54 Å². The maximum atomic E-state index is 2.70. The number of rotatable bonds is 47. The second kappa shape index (κ2) is 47.6. The molecule has 0 aromatic heterocycles. The van der Waals surface area contributed by atoms with E-state index in [1.807, 2.05) is 0 Å². The number of unbranched alkanes of at least 4 members (excludes halogenated alkanes) is 40. The maximum Gasteiger partial charge on any atom is 0.0203 e. The fourth-order valence-corrected chi connectivity index (χ4v) is 9.17. The van der Waals surface area contributed by atoms with Crippen LogP contribution in [-0.2, 0) is 0 Å². The lowest BCUT2D eigenvalue weighted by molar-refractivity contribution is 0.104. The zero-order chi connectivity index (χ0) is 38.6. The largest absolute Gasteiger partial charge is 0.304 e. The van der Waals surface area contributed by atoms with Gasteiger partial charge in [-0.1, -0.05) is 297 Å². The van der Waals surface area contributed by atoms with Gasteiger partial charge in [0.2, 0.25) is 0 Å². The third-order valence-corrected chi connectivity index (χ3v) is 13.2. The topological polar surface area (TPSA) is 3.24 Å². The minimum Gasteiger partial charge on any atom is -0.304 e. The first-order valence-corrected chi connectivity index (χ1v) is 25.8. The fourth-order valence-electron chi connectivity index (χ4n) is 9.17. The van der Waals surface area contributed by atoms with E-state index in [4.69, 9.17) is 0 Å². The van der Waals surface area contributed by atoms with Gasteiger partial charge in [-0.2, -0.15) is 0 Å². The van der Waals surface area contributed by atoms with Gasteiger partial charge in [-0.25, -0.2) is 0 Å². The highest BCUT2D eigenvalue weighted by Crippen LogP contribution is 2.33. The SMILES string of the molecule is CCCCCCCCCCCCCCCCCC(CCCCCCCCCCCCCCCC)(CCCCCCCCCCCCCCCC)N(C)C.Cl. The molecule has 0 aromatic carbocycles. The van der Waals surface area contributed by atoms with Gasteiger partial charge in [0.05, 0.1) is 0 Å². The normalized spacial score (nSPS) is 11.9. The molecule has 0 rings (SSSR count). The Kier molecular flexibility index (Phi) is 49.7. The van der Waals surface area contributed by atoms with Crippen LogP contribution in [0.1, 0.15) is 316 Å². The van der Waals surface area contributed by atoms with Gasteiger partial charge in [0.25, 0.3) is 0 Å². The van der Waals surface area contributed by atoms with Gasteiger partial charge in [-0.15, -0.1) is 12.4 Å². The molecule has 0 unspecified atom stereocenters. The van der Waals surface area contributed by atoms with Gasteiger partial charge in [0.15, 0.2) is 0 Å². The second-order valence-corrected chi connectivity index (χ2v) is 18.5. The number of nitrogens with zero attached hydrogens (tertiary/aromatic N) is 1. The smallest absolute Gasteiger partial charge is 0.0203 e. The van der Waals surface area contributed by atoms with Crippen LogP contribution < -0.4 is 0 Å². The summed E-state index contributed by atoms with van der Waals surface area (Å²) in [5.74, 6) is 0. The van der Waals surface area contributed by atoms with Crippen molar-refractivity contribution in [1.29, 1.82) is 0 Å². The summed E-state index contributed by atoms with van der Waals surface area (Å²) in [4.78, 5) is 2.70. The lowest BCUT2D eigenvalue weighted by atomic mass is 9.80. The van der Waals surface area contributed by atoms with Crippen molar-refractivity contribution in [3.63, 3.8) is 0 Å². The summed E-state index contributed by atoms with van der Waals surface area (Å²) < 4.78 is 0. The van der Waals surface area contributed by atoms with E-state index in [0.717, 1.165) is 0 Å². The summed E-state index contributed by atoms with van der Waals surface area (Å²) in [6.45, 7) is 6.96. The Bertz CT molecular complexity index is 614.